The van der Waals surface area contributed by atoms with E-state index in [2.05, 4.69) is 21.9 Å². The number of hydrogen-bond acceptors (Lipinski definition) is 5. The maximum absolute atomic E-state index is 13.2. The highest BCUT2D eigenvalue weighted by Crippen LogP contribution is 2.27. The van der Waals surface area contributed by atoms with E-state index in [1.54, 1.807) is 29.5 Å². The number of anilines is 1. The van der Waals surface area contributed by atoms with Crippen LogP contribution in [0, 0.1) is 6.92 Å². The molecule has 1 N–H and O–H groups in total. The minimum Gasteiger partial charge on any atom is -0.334 e. The summed E-state index contributed by atoms with van der Waals surface area (Å²) in [5.41, 5.74) is 2.96. The predicted octanol–water partition coefficient (Wildman–Crippen LogP) is 3.47. The number of carbonyl (C=O) groups excluding carboxylic acids is 2. The van der Waals surface area contributed by atoms with E-state index in [0.717, 1.165) is 12.8 Å². The number of nitrogens with one attached hydrogen (secondary N) is 1. The summed E-state index contributed by atoms with van der Waals surface area (Å²) >= 11 is 1.74. The van der Waals surface area contributed by atoms with Gasteiger partial charge in [0.25, 0.3) is 17.4 Å². The molecule has 0 saturated carbocycles. The minimum atomic E-state index is -0.418. The van der Waals surface area contributed by atoms with E-state index in [-0.39, 0.29) is 17.2 Å². The molecule has 3 heterocycles. The molecule has 3 aromatic rings. The average molecular weight is 437 g/mol. The van der Waals surface area contributed by atoms with E-state index >= 15 is 0 Å². The zero-order valence-electron chi connectivity index (χ0n) is 17.6. The Kier molecular flexibility index (Phi) is 5.99. The van der Waals surface area contributed by atoms with Crippen LogP contribution in [0.2, 0.25) is 0 Å². The van der Waals surface area contributed by atoms with Crippen molar-refractivity contribution >= 4 is 28.8 Å². The number of nitrogens with zero attached hydrogens (tertiary/aromatic N) is 3. The topological polar surface area (TPSA) is 84.3 Å². The van der Waals surface area contributed by atoms with E-state index in [4.69, 9.17) is 0 Å². The summed E-state index contributed by atoms with van der Waals surface area (Å²) in [5, 5.41) is 9.06. The molecule has 0 unspecified atom stereocenters. The lowest BCUT2D eigenvalue weighted by Gasteiger charge is -2.28. The van der Waals surface area contributed by atoms with Crippen molar-refractivity contribution in [3.05, 3.63) is 79.4 Å². The molecule has 1 aliphatic rings. The summed E-state index contributed by atoms with van der Waals surface area (Å²) in [6, 6.07) is 10.2. The fourth-order valence-electron chi connectivity index (χ4n) is 3.72. The van der Waals surface area contributed by atoms with Crippen LogP contribution in [0.4, 0.5) is 5.69 Å². The van der Waals surface area contributed by atoms with Gasteiger partial charge in [-0.2, -0.15) is 5.10 Å². The van der Waals surface area contributed by atoms with Gasteiger partial charge in [0.15, 0.2) is 0 Å². The van der Waals surface area contributed by atoms with E-state index in [1.807, 2.05) is 18.7 Å². The maximum atomic E-state index is 13.2. The third-order valence-electron chi connectivity index (χ3n) is 5.44. The molecule has 8 heteroatoms. The molecule has 0 fully saturated rings. The fourth-order valence-corrected chi connectivity index (χ4v) is 4.61. The molecule has 160 valence electrons. The van der Waals surface area contributed by atoms with Gasteiger partial charge in [-0.1, -0.05) is 13.0 Å². The number of carbonyl (C=O) groups is 2. The third kappa shape index (κ3) is 4.29. The second-order valence-corrected chi connectivity index (χ2v) is 8.56. The second kappa shape index (κ2) is 8.85. The summed E-state index contributed by atoms with van der Waals surface area (Å²) in [6.45, 7) is 5.51. The Morgan fingerprint density at radius 1 is 1.19 bits per heavy atom. The first kappa shape index (κ1) is 21.0. The van der Waals surface area contributed by atoms with Crippen LogP contribution < -0.4 is 10.9 Å². The Morgan fingerprint density at radius 3 is 2.84 bits per heavy atom. The first-order valence-corrected chi connectivity index (χ1v) is 11.2. The Bertz CT molecular complexity index is 1200. The number of aromatic nitrogens is 2. The number of benzene rings is 1. The van der Waals surface area contributed by atoms with Gasteiger partial charge in [-0.15, -0.1) is 11.3 Å². The van der Waals surface area contributed by atoms with Crippen molar-refractivity contribution in [3.63, 3.8) is 0 Å². The van der Waals surface area contributed by atoms with Gasteiger partial charge in [0, 0.05) is 41.8 Å². The standard InChI is InChI=1S/C23H24N4O3S/c1-3-11-27-21(28)8-7-19(25-27)22(29)24-18-6-4-5-17(15(18)2)23(30)26-12-9-20-16(14-26)10-13-31-20/h4-8,10,13H,3,9,11-12,14H2,1-2H3,(H,24,29). The molecule has 2 aromatic heterocycles. The van der Waals surface area contributed by atoms with Crippen molar-refractivity contribution in [1.29, 1.82) is 0 Å². The van der Waals surface area contributed by atoms with Crippen LogP contribution in [-0.2, 0) is 19.5 Å². The van der Waals surface area contributed by atoms with E-state index in [1.165, 1.54) is 27.3 Å². The Hall–Kier alpha value is -3.26. The van der Waals surface area contributed by atoms with E-state index in [9.17, 15) is 14.4 Å². The molecule has 2 amide bonds. The Labute approximate surface area is 184 Å². The second-order valence-electron chi connectivity index (χ2n) is 7.56. The van der Waals surface area contributed by atoms with Crippen LogP contribution in [0.1, 0.15) is 50.2 Å². The van der Waals surface area contributed by atoms with Gasteiger partial charge in [-0.05, 0) is 60.5 Å². The number of fused-ring (bicyclic) bond motifs is 1. The summed E-state index contributed by atoms with van der Waals surface area (Å²) in [6.07, 6.45) is 1.61. The van der Waals surface area contributed by atoms with Crippen molar-refractivity contribution in [1.82, 2.24) is 14.7 Å². The summed E-state index contributed by atoms with van der Waals surface area (Å²) in [5.74, 6) is -0.460. The first-order chi connectivity index (χ1) is 15.0. The highest BCUT2D eigenvalue weighted by atomic mass is 32.1. The number of hydrogen-bond donors (Lipinski definition) is 1. The highest BCUT2D eigenvalue weighted by Gasteiger charge is 2.24. The molecule has 0 radical (unpaired) electrons. The molecule has 0 spiro atoms. The molecule has 0 aliphatic carbocycles. The van der Waals surface area contributed by atoms with E-state index < -0.39 is 5.91 Å². The van der Waals surface area contributed by atoms with Crippen molar-refractivity contribution in [2.24, 2.45) is 0 Å². The Morgan fingerprint density at radius 2 is 2.03 bits per heavy atom. The molecule has 1 aromatic carbocycles. The van der Waals surface area contributed by atoms with E-state index in [0.29, 0.717) is 36.4 Å². The molecular weight excluding hydrogens is 412 g/mol. The molecule has 0 atom stereocenters. The lowest BCUT2D eigenvalue weighted by atomic mass is 10.0. The monoisotopic (exact) mass is 436 g/mol. The number of amides is 2. The third-order valence-corrected chi connectivity index (χ3v) is 6.46. The lowest BCUT2D eigenvalue weighted by Crippen LogP contribution is -2.35. The minimum absolute atomic E-state index is 0.0416. The van der Waals surface area contributed by atoms with Gasteiger partial charge in [0.2, 0.25) is 0 Å². The summed E-state index contributed by atoms with van der Waals surface area (Å²) in [7, 11) is 0. The molecular formula is C23H24N4O3S. The van der Waals surface area contributed by atoms with Crippen molar-refractivity contribution < 1.29 is 9.59 Å². The molecule has 0 saturated heterocycles. The van der Waals surface area contributed by atoms with Crippen LogP contribution in [-0.4, -0.2) is 33.0 Å². The maximum Gasteiger partial charge on any atom is 0.276 e. The average Bonchev–Trinajstić information content (AvgIpc) is 3.24. The fraction of sp³-hybridized carbons (Fsp3) is 0.304. The number of aryl methyl sites for hydroxylation is 1. The van der Waals surface area contributed by atoms with Gasteiger partial charge < -0.3 is 10.2 Å². The number of thiophene rings is 1. The Balaban J connectivity index is 1.54. The molecule has 31 heavy (non-hydrogen) atoms. The SMILES string of the molecule is CCCn1nc(C(=O)Nc2cccc(C(=O)N3CCc4sccc4C3)c2C)ccc1=O. The van der Waals surface area contributed by atoms with Gasteiger partial charge in [0.1, 0.15) is 5.69 Å². The number of rotatable bonds is 5. The van der Waals surface area contributed by atoms with Crippen LogP contribution in [0.15, 0.2) is 46.6 Å². The molecule has 7 nitrogen and oxygen atoms in total. The molecule has 1 aliphatic heterocycles. The molecule has 4 rings (SSSR count). The largest absolute Gasteiger partial charge is 0.334 e. The van der Waals surface area contributed by atoms with Crippen LogP contribution >= 0.6 is 11.3 Å². The van der Waals surface area contributed by atoms with Crippen LogP contribution in [0.5, 0.6) is 0 Å². The van der Waals surface area contributed by atoms with Crippen LogP contribution in [0.25, 0.3) is 0 Å². The summed E-state index contributed by atoms with van der Waals surface area (Å²) < 4.78 is 1.29. The molecule has 0 bridgehead atoms. The van der Waals surface area contributed by atoms with Gasteiger partial charge in [-0.25, -0.2) is 4.68 Å². The van der Waals surface area contributed by atoms with Crippen LogP contribution in [0.3, 0.4) is 0 Å². The van der Waals surface area contributed by atoms with Gasteiger partial charge in [0.05, 0.1) is 0 Å². The van der Waals surface area contributed by atoms with Crippen molar-refractivity contribution in [3.8, 4) is 0 Å². The lowest BCUT2D eigenvalue weighted by molar-refractivity contribution is 0.0735. The van der Waals surface area contributed by atoms with Crippen molar-refractivity contribution in [2.75, 3.05) is 11.9 Å². The highest BCUT2D eigenvalue weighted by molar-refractivity contribution is 7.10. The van der Waals surface area contributed by atoms with Gasteiger partial charge >= 0.3 is 0 Å². The zero-order valence-corrected chi connectivity index (χ0v) is 18.4. The first-order valence-electron chi connectivity index (χ1n) is 10.3. The zero-order chi connectivity index (χ0) is 22.0. The predicted molar refractivity (Wildman–Crippen MR) is 121 cm³/mol. The quantitative estimate of drug-likeness (QED) is 0.664. The van der Waals surface area contributed by atoms with Gasteiger partial charge in [-0.3, -0.25) is 14.4 Å². The summed E-state index contributed by atoms with van der Waals surface area (Å²) in [4.78, 5) is 41.0. The van der Waals surface area contributed by atoms with Crippen molar-refractivity contribution in [2.45, 2.75) is 39.8 Å². The smallest absolute Gasteiger partial charge is 0.276 e. The normalized spacial score (nSPS) is 13.0.